The number of nitrogens with zero attached hydrogens (tertiary/aromatic N) is 3. The second-order valence-electron chi connectivity index (χ2n) is 7.09. The van der Waals surface area contributed by atoms with Crippen molar-refractivity contribution in [3.63, 3.8) is 0 Å². The number of amides is 1. The van der Waals surface area contributed by atoms with Gasteiger partial charge in [0.05, 0.1) is 6.04 Å². The molecule has 0 saturated carbocycles. The van der Waals surface area contributed by atoms with Gasteiger partial charge < -0.3 is 10.2 Å². The van der Waals surface area contributed by atoms with Gasteiger partial charge >= 0.3 is 0 Å². The summed E-state index contributed by atoms with van der Waals surface area (Å²) in [7, 11) is 0. The summed E-state index contributed by atoms with van der Waals surface area (Å²) in [5.74, 6) is 1.48. The summed E-state index contributed by atoms with van der Waals surface area (Å²) >= 11 is 0. The van der Waals surface area contributed by atoms with Crippen LogP contribution in [0.2, 0.25) is 0 Å². The van der Waals surface area contributed by atoms with E-state index in [0.717, 1.165) is 49.6 Å². The third-order valence-electron chi connectivity index (χ3n) is 5.14. The van der Waals surface area contributed by atoms with Gasteiger partial charge in [-0.05, 0) is 51.4 Å². The summed E-state index contributed by atoms with van der Waals surface area (Å²) in [6, 6.07) is 12.2. The molecule has 1 aromatic carbocycles. The third kappa shape index (κ3) is 5.11. The van der Waals surface area contributed by atoms with Gasteiger partial charge in [0.15, 0.2) is 0 Å². The summed E-state index contributed by atoms with van der Waals surface area (Å²) in [4.78, 5) is 23.4. The molecule has 5 nitrogen and oxygen atoms in total. The highest BCUT2D eigenvalue weighted by Gasteiger charge is 2.22. The maximum atomic E-state index is 12.2. The van der Waals surface area contributed by atoms with Gasteiger partial charge in [-0.25, -0.2) is 9.97 Å². The molecule has 2 heterocycles. The molecule has 1 N–H and O–H groups in total. The van der Waals surface area contributed by atoms with E-state index in [9.17, 15) is 4.79 Å². The number of benzene rings is 1. The average Bonchev–Trinajstić information content (AvgIpc) is 2.67. The SMILES string of the molecule is Cc1nccc(C2CCN(CCC(=O)NC(C)c3ccccc3)CC2)n1. The van der Waals surface area contributed by atoms with E-state index in [1.165, 1.54) is 0 Å². The van der Waals surface area contributed by atoms with E-state index in [-0.39, 0.29) is 11.9 Å². The van der Waals surface area contributed by atoms with Crippen molar-refractivity contribution in [1.29, 1.82) is 0 Å². The molecule has 1 saturated heterocycles. The highest BCUT2D eigenvalue weighted by molar-refractivity contribution is 5.76. The number of carbonyl (C=O) groups excluding carboxylic acids is 1. The number of carbonyl (C=O) groups is 1. The van der Waals surface area contributed by atoms with E-state index < -0.39 is 0 Å². The number of rotatable bonds is 6. The van der Waals surface area contributed by atoms with Gasteiger partial charge in [-0.1, -0.05) is 30.3 Å². The lowest BCUT2D eigenvalue weighted by Gasteiger charge is -2.31. The van der Waals surface area contributed by atoms with Crippen LogP contribution in [0.4, 0.5) is 0 Å². The molecule has 0 bridgehead atoms. The molecular formula is C21H28N4O. The molecule has 0 radical (unpaired) electrons. The van der Waals surface area contributed by atoms with Gasteiger partial charge in [0.2, 0.25) is 5.91 Å². The van der Waals surface area contributed by atoms with Crippen molar-refractivity contribution < 1.29 is 4.79 Å². The first-order chi connectivity index (χ1) is 12.6. The molecule has 1 atom stereocenters. The molecule has 1 aliphatic heterocycles. The summed E-state index contributed by atoms with van der Waals surface area (Å²) < 4.78 is 0. The normalized spacial score (nSPS) is 17.0. The van der Waals surface area contributed by atoms with Crippen LogP contribution in [0.1, 0.15) is 55.2 Å². The van der Waals surface area contributed by atoms with Crippen molar-refractivity contribution in [3.8, 4) is 0 Å². The standard InChI is InChI=1S/C21H28N4O/c1-16(18-6-4-3-5-7-18)23-21(26)11-15-25-13-9-19(10-14-25)20-8-12-22-17(2)24-20/h3-8,12,16,19H,9-11,13-15H2,1-2H3,(H,23,26). The Balaban J connectivity index is 1.40. The Labute approximate surface area is 155 Å². The van der Waals surface area contributed by atoms with Crippen LogP contribution in [0.3, 0.4) is 0 Å². The van der Waals surface area contributed by atoms with Gasteiger partial charge in [-0.2, -0.15) is 0 Å². The number of aromatic nitrogens is 2. The molecular weight excluding hydrogens is 324 g/mol. The number of likely N-dealkylation sites (tertiary alicyclic amines) is 1. The topological polar surface area (TPSA) is 58.1 Å². The Morgan fingerprint density at radius 3 is 2.65 bits per heavy atom. The zero-order valence-corrected chi connectivity index (χ0v) is 15.7. The average molecular weight is 352 g/mol. The fourth-order valence-corrected chi connectivity index (χ4v) is 3.55. The molecule has 1 unspecified atom stereocenters. The third-order valence-corrected chi connectivity index (χ3v) is 5.14. The van der Waals surface area contributed by atoms with Crippen molar-refractivity contribution in [1.82, 2.24) is 20.2 Å². The predicted octanol–water partition coefficient (Wildman–Crippen LogP) is 3.23. The van der Waals surface area contributed by atoms with E-state index in [2.05, 4.69) is 20.2 Å². The Kier molecular flexibility index (Phi) is 6.34. The fourth-order valence-electron chi connectivity index (χ4n) is 3.55. The number of hydrogen-bond acceptors (Lipinski definition) is 4. The Hall–Kier alpha value is -2.27. The van der Waals surface area contributed by atoms with Gasteiger partial charge in [0.25, 0.3) is 0 Å². The number of piperidine rings is 1. The van der Waals surface area contributed by atoms with Crippen LogP contribution < -0.4 is 5.32 Å². The summed E-state index contributed by atoms with van der Waals surface area (Å²) in [5, 5.41) is 3.09. The first-order valence-corrected chi connectivity index (χ1v) is 9.48. The minimum atomic E-state index is 0.0513. The van der Waals surface area contributed by atoms with Crippen molar-refractivity contribution in [2.75, 3.05) is 19.6 Å². The van der Waals surface area contributed by atoms with Crippen LogP contribution in [-0.4, -0.2) is 40.4 Å². The smallest absolute Gasteiger partial charge is 0.221 e. The molecule has 2 aromatic rings. The minimum absolute atomic E-state index is 0.0513. The Bertz CT molecular complexity index is 711. The van der Waals surface area contributed by atoms with E-state index in [0.29, 0.717) is 12.3 Å². The molecule has 1 aromatic heterocycles. The minimum Gasteiger partial charge on any atom is -0.350 e. The van der Waals surface area contributed by atoms with Crippen molar-refractivity contribution >= 4 is 5.91 Å². The number of aryl methyl sites for hydroxylation is 1. The van der Waals surface area contributed by atoms with E-state index in [1.54, 1.807) is 0 Å². The Morgan fingerprint density at radius 1 is 1.23 bits per heavy atom. The summed E-state index contributed by atoms with van der Waals surface area (Å²) in [6.45, 7) is 6.84. The highest BCUT2D eigenvalue weighted by Crippen LogP contribution is 2.26. The van der Waals surface area contributed by atoms with Crippen LogP contribution in [-0.2, 0) is 4.79 Å². The first kappa shape index (κ1) is 18.5. The highest BCUT2D eigenvalue weighted by atomic mass is 16.1. The van der Waals surface area contributed by atoms with Crippen LogP contribution in [0.25, 0.3) is 0 Å². The number of nitrogens with one attached hydrogen (secondary N) is 1. The molecule has 0 spiro atoms. The van der Waals surface area contributed by atoms with Gasteiger partial charge in [-0.15, -0.1) is 0 Å². The molecule has 0 aliphatic carbocycles. The summed E-state index contributed by atoms with van der Waals surface area (Å²) in [6.07, 6.45) is 4.59. The maximum Gasteiger partial charge on any atom is 0.221 e. The van der Waals surface area contributed by atoms with Crippen LogP contribution in [0.5, 0.6) is 0 Å². The van der Waals surface area contributed by atoms with E-state index >= 15 is 0 Å². The second kappa shape index (κ2) is 8.90. The van der Waals surface area contributed by atoms with Crippen molar-refractivity contribution in [2.24, 2.45) is 0 Å². The Morgan fingerprint density at radius 2 is 1.96 bits per heavy atom. The van der Waals surface area contributed by atoms with Crippen LogP contribution in [0.15, 0.2) is 42.6 Å². The molecule has 3 rings (SSSR count). The van der Waals surface area contributed by atoms with Gasteiger partial charge in [0, 0.05) is 30.8 Å². The zero-order chi connectivity index (χ0) is 18.4. The monoisotopic (exact) mass is 352 g/mol. The summed E-state index contributed by atoms with van der Waals surface area (Å²) in [5.41, 5.74) is 2.30. The number of hydrogen-bond donors (Lipinski definition) is 1. The van der Waals surface area contributed by atoms with Gasteiger partial charge in [-0.3, -0.25) is 4.79 Å². The van der Waals surface area contributed by atoms with E-state index in [4.69, 9.17) is 0 Å². The van der Waals surface area contributed by atoms with Crippen LogP contribution >= 0.6 is 0 Å². The van der Waals surface area contributed by atoms with Crippen LogP contribution in [0, 0.1) is 6.92 Å². The lowest BCUT2D eigenvalue weighted by Crippen LogP contribution is -2.36. The zero-order valence-electron chi connectivity index (χ0n) is 15.7. The molecule has 1 amide bonds. The lowest BCUT2D eigenvalue weighted by molar-refractivity contribution is -0.122. The molecule has 26 heavy (non-hydrogen) atoms. The molecule has 1 aliphatic rings. The quantitative estimate of drug-likeness (QED) is 0.867. The molecule has 138 valence electrons. The van der Waals surface area contributed by atoms with Crippen molar-refractivity contribution in [3.05, 3.63) is 59.7 Å². The predicted molar refractivity (Wildman–Crippen MR) is 103 cm³/mol. The van der Waals surface area contributed by atoms with Crippen molar-refractivity contribution in [2.45, 2.75) is 45.1 Å². The lowest BCUT2D eigenvalue weighted by atomic mass is 9.93. The largest absolute Gasteiger partial charge is 0.350 e. The maximum absolute atomic E-state index is 12.2. The first-order valence-electron chi connectivity index (χ1n) is 9.48. The van der Waals surface area contributed by atoms with Gasteiger partial charge in [0.1, 0.15) is 5.82 Å². The van der Waals surface area contributed by atoms with E-state index in [1.807, 2.05) is 56.4 Å². The molecule has 5 heteroatoms. The fraction of sp³-hybridized carbons (Fsp3) is 0.476. The second-order valence-corrected chi connectivity index (χ2v) is 7.09. The molecule has 1 fully saturated rings.